The first-order valence-corrected chi connectivity index (χ1v) is 7.92. The van der Waals surface area contributed by atoms with Gasteiger partial charge in [0.25, 0.3) is 5.91 Å². The van der Waals surface area contributed by atoms with E-state index in [2.05, 4.69) is 5.32 Å². The summed E-state index contributed by atoms with van der Waals surface area (Å²) in [7, 11) is -1.04. The second-order valence-electron chi connectivity index (χ2n) is 4.35. The Balaban J connectivity index is 2.20. The average Bonchev–Trinajstić information content (AvgIpc) is 2.44. The van der Waals surface area contributed by atoms with E-state index in [9.17, 15) is 9.00 Å². The average molecular weight is 308 g/mol. The number of hydrogen-bond donors (Lipinski definition) is 1. The molecule has 1 amide bonds. The molecule has 0 heterocycles. The molecule has 1 unspecified atom stereocenters. The van der Waals surface area contributed by atoms with Crippen molar-refractivity contribution < 1.29 is 9.00 Å². The third-order valence-electron chi connectivity index (χ3n) is 2.96. The highest BCUT2D eigenvalue weighted by Crippen LogP contribution is 2.23. The van der Waals surface area contributed by atoms with Crippen molar-refractivity contribution in [2.45, 2.75) is 11.8 Å². The summed E-state index contributed by atoms with van der Waals surface area (Å²) in [4.78, 5) is 12.8. The molecule has 0 aromatic heterocycles. The van der Waals surface area contributed by atoms with Crippen LogP contribution in [0.1, 0.15) is 15.9 Å². The van der Waals surface area contributed by atoms with Crippen molar-refractivity contribution in [3.8, 4) is 0 Å². The van der Waals surface area contributed by atoms with Crippen LogP contribution in [0.25, 0.3) is 0 Å². The summed E-state index contributed by atoms with van der Waals surface area (Å²) >= 11 is 6.01. The Morgan fingerprint density at radius 2 is 1.80 bits per heavy atom. The number of amides is 1. The quantitative estimate of drug-likeness (QED) is 0.941. The van der Waals surface area contributed by atoms with Crippen LogP contribution in [0, 0.1) is 6.92 Å². The SMILES string of the molecule is Cc1c(Cl)cccc1NC(=O)c1ccc(S(C)=O)cc1. The molecule has 5 heteroatoms. The van der Waals surface area contributed by atoms with Gasteiger partial charge < -0.3 is 5.32 Å². The number of carbonyl (C=O) groups excluding carboxylic acids is 1. The van der Waals surface area contributed by atoms with Crippen LogP contribution in [0.5, 0.6) is 0 Å². The summed E-state index contributed by atoms with van der Waals surface area (Å²) in [6, 6.07) is 12.1. The van der Waals surface area contributed by atoms with Gasteiger partial charge in [0.2, 0.25) is 0 Å². The summed E-state index contributed by atoms with van der Waals surface area (Å²) in [6.07, 6.45) is 1.60. The first-order chi connectivity index (χ1) is 9.49. The van der Waals surface area contributed by atoms with Gasteiger partial charge in [-0.15, -0.1) is 0 Å². The van der Waals surface area contributed by atoms with Crippen molar-refractivity contribution in [3.63, 3.8) is 0 Å². The summed E-state index contributed by atoms with van der Waals surface area (Å²) in [5.74, 6) is -0.219. The molecule has 104 valence electrons. The van der Waals surface area contributed by atoms with Crippen molar-refractivity contribution in [1.29, 1.82) is 0 Å². The van der Waals surface area contributed by atoms with E-state index in [1.807, 2.05) is 6.92 Å². The van der Waals surface area contributed by atoms with Crippen LogP contribution in [-0.2, 0) is 10.8 Å². The maximum Gasteiger partial charge on any atom is 0.255 e. The zero-order valence-corrected chi connectivity index (χ0v) is 12.7. The molecule has 0 aliphatic carbocycles. The molecule has 0 aliphatic heterocycles. The van der Waals surface area contributed by atoms with Crippen molar-refractivity contribution in [1.82, 2.24) is 0 Å². The Labute approximate surface area is 125 Å². The number of anilines is 1. The molecule has 20 heavy (non-hydrogen) atoms. The van der Waals surface area contributed by atoms with E-state index in [1.165, 1.54) is 0 Å². The number of rotatable bonds is 3. The lowest BCUT2D eigenvalue weighted by Crippen LogP contribution is -2.12. The van der Waals surface area contributed by atoms with Crippen molar-refractivity contribution >= 4 is 34.0 Å². The van der Waals surface area contributed by atoms with Crippen LogP contribution < -0.4 is 5.32 Å². The molecule has 2 rings (SSSR count). The first kappa shape index (κ1) is 14.8. The lowest BCUT2D eigenvalue weighted by Gasteiger charge is -2.09. The number of carbonyl (C=O) groups is 1. The zero-order chi connectivity index (χ0) is 14.7. The molecule has 0 aliphatic rings. The standard InChI is InChI=1S/C15H14ClNO2S/c1-10-13(16)4-3-5-14(10)17-15(18)11-6-8-12(9-7-11)20(2)19/h3-9H,1-2H3,(H,17,18). The van der Waals surface area contributed by atoms with Crippen molar-refractivity contribution in [2.24, 2.45) is 0 Å². The normalized spacial score (nSPS) is 11.9. The molecule has 2 aromatic carbocycles. The molecule has 0 saturated heterocycles. The highest BCUT2D eigenvalue weighted by molar-refractivity contribution is 7.84. The Hall–Kier alpha value is -1.65. The predicted octanol–water partition coefficient (Wildman–Crippen LogP) is 3.64. The third kappa shape index (κ3) is 3.26. The number of halogens is 1. The second kappa shape index (κ2) is 6.20. The molecular formula is C15H14ClNO2S. The van der Waals surface area contributed by atoms with E-state index >= 15 is 0 Å². The van der Waals surface area contributed by atoms with E-state index in [1.54, 1.807) is 48.7 Å². The Morgan fingerprint density at radius 1 is 1.15 bits per heavy atom. The lowest BCUT2D eigenvalue weighted by molar-refractivity contribution is 0.102. The Bertz CT molecular complexity index is 668. The third-order valence-corrected chi connectivity index (χ3v) is 4.31. The minimum absolute atomic E-state index is 0.219. The molecule has 2 aromatic rings. The Kier molecular flexibility index (Phi) is 4.57. The van der Waals surface area contributed by atoms with Gasteiger partial charge in [0.05, 0.1) is 0 Å². The molecule has 0 bridgehead atoms. The Morgan fingerprint density at radius 3 is 2.40 bits per heavy atom. The first-order valence-electron chi connectivity index (χ1n) is 5.99. The second-order valence-corrected chi connectivity index (χ2v) is 6.13. The maximum atomic E-state index is 12.1. The zero-order valence-electron chi connectivity index (χ0n) is 11.1. The summed E-state index contributed by atoms with van der Waals surface area (Å²) in [5, 5.41) is 3.43. The molecule has 1 N–H and O–H groups in total. The van der Waals surface area contributed by atoms with Gasteiger partial charge in [-0.25, -0.2) is 0 Å². The molecule has 0 saturated carbocycles. The van der Waals surface area contributed by atoms with Crippen LogP contribution in [0.2, 0.25) is 5.02 Å². The van der Waals surface area contributed by atoms with E-state index in [4.69, 9.17) is 11.6 Å². The molecule has 3 nitrogen and oxygen atoms in total. The minimum Gasteiger partial charge on any atom is -0.322 e. The van der Waals surface area contributed by atoms with Gasteiger partial charge in [-0.05, 0) is 48.9 Å². The van der Waals surface area contributed by atoms with Crippen molar-refractivity contribution in [2.75, 3.05) is 11.6 Å². The lowest BCUT2D eigenvalue weighted by atomic mass is 10.1. The van der Waals surface area contributed by atoms with Gasteiger partial charge in [-0.2, -0.15) is 0 Å². The maximum absolute atomic E-state index is 12.1. The molecule has 1 atom stereocenters. The number of benzene rings is 2. The van der Waals surface area contributed by atoms with Crippen LogP contribution in [-0.4, -0.2) is 16.4 Å². The van der Waals surface area contributed by atoms with Gasteiger partial charge in [-0.1, -0.05) is 17.7 Å². The van der Waals surface area contributed by atoms with Gasteiger partial charge in [-0.3, -0.25) is 9.00 Å². The van der Waals surface area contributed by atoms with E-state index in [-0.39, 0.29) is 5.91 Å². The van der Waals surface area contributed by atoms with Gasteiger partial charge in [0, 0.05) is 38.2 Å². The highest BCUT2D eigenvalue weighted by atomic mass is 35.5. The number of hydrogen-bond acceptors (Lipinski definition) is 2. The van der Waals surface area contributed by atoms with E-state index < -0.39 is 10.8 Å². The fourth-order valence-electron chi connectivity index (χ4n) is 1.74. The summed E-state index contributed by atoms with van der Waals surface area (Å²) < 4.78 is 11.3. The van der Waals surface area contributed by atoms with Gasteiger partial charge in [0.15, 0.2) is 0 Å². The van der Waals surface area contributed by atoms with Gasteiger partial charge >= 0.3 is 0 Å². The van der Waals surface area contributed by atoms with Crippen molar-refractivity contribution in [3.05, 3.63) is 58.6 Å². The molecule has 0 radical (unpaired) electrons. The fraction of sp³-hybridized carbons (Fsp3) is 0.133. The fourth-order valence-corrected chi connectivity index (χ4v) is 2.43. The molecule has 0 spiro atoms. The predicted molar refractivity (Wildman–Crippen MR) is 82.9 cm³/mol. The summed E-state index contributed by atoms with van der Waals surface area (Å²) in [5.41, 5.74) is 2.03. The monoisotopic (exact) mass is 307 g/mol. The smallest absolute Gasteiger partial charge is 0.255 e. The molecular weight excluding hydrogens is 294 g/mol. The molecule has 0 fully saturated rings. The topological polar surface area (TPSA) is 46.2 Å². The summed E-state index contributed by atoms with van der Waals surface area (Å²) in [6.45, 7) is 1.85. The van der Waals surface area contributed by atoms with Gasteiger partial charge in [0.1, 0.15) is 0 Å². The van der Waals surface area contributed by atoms with E-state index in [0.717, 1.165) is 5.56 Å². The van der Waals surface area contributed by atoms with Crippen LogP contribution in [0.15, 0.2) is 47.4 Å². The van der Waals surface area contributed by atoms with E-state index in [0.29, 0.717) is 21.2 Å². The van der Waals surface area contributed by atoms with Crippen LogP contribution >= 0.6 is 11.6 Å². The largest absolute Gasteiger partial charge is 0.322 e. The van der Waals surface area contributed by atoms with Crippen LogP contribution in [0.3, 0.4) is 0 Å². The minimum atomic E-state index is -1.04. The number of nitrogens with one attached hydrogen (secondary N) is 1. The highest BCUT2D eigenvalue weighted by Gasteiger charge is 2.09. The van der Waals surface area contributed by atoms with Crippen LogP contribution in [0.4, 0.5) is 5.69 Å².